The van der Waals surface area contributed by atoms with Crippen LogP contribution in [0.2, 0.25) is 0 Å². The minimum absolute atomic E-state index is 0.00598. The Kier molecular flexibility index (Phi) is 4.82. The second-order valence-corrected chi connectivity index (χ2v) is 8.79. The Bertz CT molecular complexity index is 1150. The number of hydrogen-bond donors (Lipinski definition) is 2. The van der Waals surface area contributed by atoms with Crippen LogP contribution in [0, 0.1) is 0 Å². The Morgan fingerprint density at radius 2 is 1.84 bits per heavy atom. The third-order valence-corrected chi connectivity index (χ3v) is 6.63. The van der Waals surface area contributed by atoms with Crippen LogP contribution in [-0.2, 0) is 16.0 Å². The van der Waals surface area contributed by atoms with Gasteiger partial charge in [0.15, 0.2) is 0 Å². The maximum atomic E-state index is 13.3. The van der Waals surface area contributed by atoms with Crippen molar-refractivity contribution in [3.8, 4) is 0 Å². The number of fused-ring (bicyclic) bond motifs is 4. The Hall–Kier alpha value is -3.12. The van der Waals surface area contributed by atoms with Gasteiger partial charge in [-0.25, -0.2) is 0 Å². The number of nitrogens with one attached hydrogen (secondary N) is 1. The number of nitrogens with zero attached hydrogens (tertiary/aromatic N) is 2. The molecular formula is C25H27N3O3. The molecule has 0 radical (unpaired) electrons. The molecule has 2 aliphatic rings. The molecule has 160 valence electrons. The molecule has 2 atom stereocenters. The molecule has 1 aromatic heterocycles. The lowest BCUT2D eigenvalue weighted by atomic mass is 9.85. The van der Waals surface area contributed by atoms with Crippen molar-refractivity contribution in [3.05, 3.63) is 70.9 Å². The molecule has 2 N–H and O–H groups in total. The van der Waals surface area contributed by atoms with Crippen LogP contribution in [0.5, 0.6) is 0 Å². The molecule has 1 saturated heterocycles. The number of aromatic amines is 1. The van der Waals surface area contributed by atoms with Crippen LogP contribution in [-0.4, -0.2) is 57.4 Å². The zero-order valence-electron chi connectivity index (χ0n) is 17.8. The quantitative estimate of drug-likeness (QED) is 0.685. The normalized spacial score (nSPS) is 21.0. The first-order valence-corrected chi connectivity index (χ1v) is 10.9. The van der Waals surface area contributed by atoms with E-state index in [2.05, 4.69) is 49.2 Å². The fourth-order valence-electron chi connectivity index (χ4n) is 5.04. The van der Waals surface area contributed by atoms with E-state index in [1.165, 1.54) is 10.5 Å². The Labute approximate surface area is 181 Å². The summed E-state index contributed by atoms with van der Waals surface area (Å²) in [6.45, 7) is 4.35. The number of piperazine rings is 1. The second-order valence-electron chi connectivity index (χ2n) is 8.79. The standard InChI is InChI=1S/C25H27N3O3/c1-15(2)16-7-9-17(10-8-16)24-23-19(18-5-3-4-6-20(18)26-23)13-21-25(31)27(11-12-29)14-22(30)28(21)24/h3-10,15,21,24,26,29H,11-14H2,1-2H3/t21-,24-/m1/s1. The van der Waals surface area contributed by atoms with Gasteiger partial charge in [-0.2, -0.15) is 0 Å². The van der Waals surface area contributed by atoms with E-state index < -0.39 is 6.04 Å². The molecular weight excluding hydrogens is 390 g/mol. The molecule has 1 fully saturated rings. The Balaban J connectivity index is 1.67. The SMILES string of the molecule is CC(C)c1ccc([C@@H]2c3[nH]c4ccccc4c3C[C@@H]3C(=O)N(CCO)CC(=O)N23)cc1. The van der Waals surface area contributed by atoms with Crippen LogP contribution in [0.15, 0.2) is 48.5 Å². The molecule has 0 aliphatic carbocycles. The van der Waals surface area contributed by atoms with E-state index in [1.54, 1.807) is 4.90 Å². The number of aliphatic hydroxyl groups is 1. The maximum Gasteiger partial charge on any atom is 0.246 e. The molecule has 2 aliphatic heterocycles. The molecule has 2 amide bonds. The van der Waals surface area contributed by atoms with Crippen LogP contribution in [0.3, 0.4) is 0 Å². The van der Waals surface area contributed by atoms with Gasteiger partial charge in [0.2, 0.25) is 11.8 Å². The summed E-state index contributed by atoms with van der Waals surface area (Å²) in [5.41, 5.74) is 5.35. The van der Waals surface area contributed by atoms with Gasteiger partial charge in [0.1, 0.15) is 6.04 Å². The zero-order chi connectivity index (χ0) is 21.7. The van der Waals surface area contributed by atoms with Crippen molar-refractivity contribution in [2.24, 2.45) is 0 Å². The molecule has 2 aromatic carbocycles. The lowest BCUT2D eigenvalue weighted by Gasteiger charge is -2.47. The summed E-state index contributed by atoms with van der Waals surface area (Å²) < 4.78 is 0. The highest BCUT2D eigenvalue weighted by molar-refractivity contribution is 5.97. The summed E-state index contributed by atoms with van der Waals surface area (Å²) >= 11 is 0. The monoisotopic (exact) mass is 417 g/mol. The van der Waals surface area contributed by atoms with E-state index in [1.807, 2.05) is 18.2 Å². The molecule has 0 unspecified atom stereocenters. The number of aromatic nitrogens is 1. The maximum absolute atomic E-state index is 13.3. The van der Waals surface area contributed by atoms with Gasteiger partial charge in [0.25, 0.3) is 0 Å². The average molecular weight is 418 g/mol. The number of carbonyl (C=O) groups excluding carboxylic acids is 2. The number of benzene rings is 2. The highest BCUT2D eigenvalue weighted by Gasteiger charge is 2.48. The summed E-state index contributed by atoms with van der Waals surface area (Å²) in [6, 6.07) is 15.6. The number of para-hydroxylation sites is 1. The third kappa shape index (κ3) is 3.13. The summed E-state index contributed by atoms with van der Waals surface area (Å²) in [6.07, 6.45) is 0.479. The van der Waals surface area contributed by atoms with Crippen LogP contribution < -0.4 is 0 Å². The van der Waals surface area contributed by atoms with Crippen molar-refractivity contribution in [1.82, 2.24) is 14.8 Å². The van der Waals surface area contributed by atoms with Gasteiger partial charge in [-0.1, -0.05) is 56.3 Å². The van der Waals surface area contributed by atoms with E-state index in [0.717, 1.165) is 27.7 Å². The second kappa shape index (κ2) is 7.54. The number of hydrogen-bond acceptors (Lipinski definition) is 3. The number of rotatable bonds is 4. The van der Waals surface area contributed by atoms with Gasteiger partial charge < -0.3 is 19.9 Å². The Morgan fingerprint density at radius 1 is 1.10 bits per heavy atom. The van der Waals surface area contributed by atoms with Crippen molar-refractivity contribution in [2.45, 2.75) is 38.3 Å². The van der Waals surface area contributed by atoms with Crippen molar-refractivity contribution in [2.75, 3.05) is 19.7 Å². The summed E-state index contributed by atoms with van der Waals surface area (Å²) in [4.78, 5) is 33.4. The predicted molar refractivity (Wildman–Crippen MR) is 119 cm³/mol. The predicted octanol–water partition coefficient (Wildman–Crippen LogP) is 2.97. The highest BCUT2D eigenvalue weighted by Crippen LogP contribution is 2.42. The van der Waals surface area contributed by atoms with E-state index in [0.29, 0.717) is 12.3 Å². The molecule has 0 spiro atoms. The molecule has 3 aromatic rings. The smallest absolute Gasteiger partial charge is 0.246 e. The summed E-state index contributed by atoms with van der Waals surface area (Å²) in [7, 11) is 0. The van der Waals surface area contributed by atoms with E-state index >= 15 is 0 Å². The average Bonchev–Trinajstić information content (AvgIpc) is 3.14. The number of β-amino-alcohol motifs (C(OH)–C–C–N with tert-alkyl or cyclic N) is 1. The topological polar surface area (TPSA) is 76.6 Å². The first kappa shape index (κ1) is 19.8. The van der Waals surface area contributed by atoms with Gasteiger partial charge in [0.05, 0.1) is 19.2 Å². The number of H-pyrrole nitrogens is 1. The van der Waals surface area contributed by atoms with Crippen molar-refractivity contribution in [1.29, 1.82) is 0 Å². The van der Waals surface area contributed by atoms with E-state index in [-0.39, 0.29) is 37.6 Å². The lowest BCUT2D eigenvalue weighted by Crippen LogP contribution is -2.63. The largest absolute Gasteiger partial charge is 0.395 e. The molecule has 31 heavy (non-hydrogen) atoms. The van der Waals surface area contributed by atoms with Crippen LogP contribution >= 0.6 is 0 Å². The minimum Gasteiger partial charge on any atom is -0.395 e. The first-order chi connectivity index (χ1) is 15.0. The molecule has 5 rings (SSSR count). The number of aliphatic hydroxyl groups excluding tert-OH is 1. The molecule has 6 heteroatoms. The molecule has 0 saturated carbocycles. The van der Waals surface area contributed by atoms with Crippen molar-refractivity contribution >= 4 is 22.7 Å². The van der Waals surface area contributed by atoms with Gasteiger partial charge >= 0.3 is 0 Å². The van der Waals surface area contributed by atoms with E-state index in [9.17, 15) is 14.7 Å². The molecule has 0 bridgehead atoms. The van der Waals surface area contributed by atoms with E-state index in [4.69, 9.17) is 0 Å². The summed E-state index contributed by atoms with van der Waals surface area (Å²) in [5.74, 6) is 0.246. The summed E-state index contributed by atoms with van der Waals surface area (Å²) in [5, 5.41) is 10.5. The highest BCUT2D eigenvalue weighted by atomic mass is 16.3. The van der Waals surface area contributed by atoms with Gasteiger partial charge in [-0.05, 0) is 28.7 Å². The minimum atomic E-state index is -0.561. The third-order valence-electron chi connectivity index (χ3n) is 6.63. The van der Waals surface area contributed by atoms with Crippen molar-refractivity contribution < 1.29 is 14.7 Å². The fourth-order valence-corrected chi connectivity index (χ4v) is 5.04. The molecule has 3 heterocycles. The van der Waals surface area contributed by atoms with Crippen LogP contribution in [0.25, 0.3) is 10.9 Å². The number of carbonyl (C=O) groups is 2. The zero-order valence-corrected chi connectivity index (χ0v) is 17.8. The van der Waals surface area contributed by atoms with Gasteiger partial charge in [0, 0.05) is 29.6 Å². The Morgan fingerprint density at radius 3 is 2.55 bits per heavy atom. The fraction of sp³-hybridized carbons (Fsp3) is 0.360. The van der Waals surface area contributed by atoms with Crippen LogP contribution in [0.4, 0.5) is 0 Å². The number of amides is 2. The van der Waals surface area contributed by atoms with Gasteiger partial charge in [-0.15, -0.1) is 0 Å². The lowest BCUT2D eigenvalue weighted by molar-refractivity contribution is -0.159. The van der Waals surface area contributed by atoms with Crippen LogP contribution in [0.1, 0.15) is 48.2 Å². The first-order valence-electron chi connectivity index (χ1n) is 10.9. The molecule has 6 nitrogen and oxygen atoms in total. The van der Waals surface area contributed by atoms with Gasteiger partial charge in [-0.3, -0.25) is 9.59 Å². The van der Waals surface area contributed by atoms with Crippen molar-refractivity contribution in [3.63, 3.8) is 0 Å².